The third kappa shape index (κ3) is 4.72. The van der Waals surface area contributed by atoms with E-state index in [0.717, 1.165) is 17.1 Å². The van der Waals surface area contributed by atoms with Gasteiger partial charge in [0.05, 0.1) is 0 Å². The maximum Gasteiger partial charge on any atom is 0.0476 e. The third-order valence-electron chi connectivity index (χ3n) is 9.00. The zero-order chi connectivity index (χ0) is 30.5. The van der Waals surface area contributed by atoms with Crippen molar-refractivity contribution in [2.75, 3.05) is 4.90 Å². The minimum absolute atomic E-state index is 1.13. The molecule has 46 heavy (non-hydrogen) atoms. The van der Waals surface area contributed by atoms with E-state index in [2.05, 4.69) is 181 Å². The first-order valence-electron chi connectivity index (χ1n) is 15.7. The highest BCUT2D eigenvalue weighted by atomic mass is 32.1. The highest BCUT2D eigenvalue weighted by molar-refractivity contribution is 7.25. The van der Waals surface area contributed by atoms with Gasteiger partial charge in [0.2, 0.25) is 0 Å². The molecule has 0 saturated heterocycles. The number of benzene rings is 8. The van der Waals surface area contributed by atoms with Gasteiger partial charge in [-0.3, -0.25) is 0 Å². The summed E-state index contributed by atoms with van der Waals surface area (Å²) in [5.74, 6) is 0. The number of nitrogens with zero attached hydrogens (tertiary/aromatic N) is 1. The Morgan fingerprint density at radius 2 is 0.870 bits per heavy atom. The molecule has 216 valence electrons. The Balaban J connectivity index is 1.13. The van der Waals surface area contributed by atoms with Crippen molar-refractivity contribution in [2.45, 2.75) is 0 Å². The molecule has 0 radical (unpaired) electrons. The molecule has 0 N–H and O–H groups in total. The van der Waals surface area contributed by atoms with E-state index in [9.17, 15) is 0 Å². The summed E-state index contributed by atoms with van der Waals surface area (Å²) in [6, 6.07) is 64.0. The minimum atomic E-state index is 1.13. The summed E-state index contributed by atoms with van der Waals surface area (Å²) in [6.45, 7) is 0. The van der Waals surface area contributed by atoms with Gasteiger partial charge in [-0.05, 0) is 104 Å². The molecule has 0 fully saturated rings. The van der Waals surface area contributed by atoms with Crippen molar-refractivity contribution in [3.8, 4) is 22.3 Å². The van der Waals surface area contributed by atoms with Crippen LogP contribution in [0.15, 0.2) is 176 Å². The van der Waals surface area contributed by atoms with Crippen molar-refractivity contribution < 1.29 is 0 Å². The smallest absolute Gasteiger partial charge is 0.0476 e. The standard InChI is InChI=1S/C44H29NS/c1-2-12-38(13-3-1)45(40-23-24-42-41-15-6-7-16-43(41)46-44(42)29-40)39-14-8-11-33(28-39)35-21-18-31-19-22-36(27-37(31)26-35)34-20-17-30-9-4-5-10-32(30)25-34/h1-29H. The molecule has 0 aliphatic rings. The molecular weight excluding hydrogens is 575 g/mol. The van der Waals surface area contributed by atoms with Crippen LogP contribution in [0.25, 0.3) is 64.0 Å². The molecule has 0 spiro atoms. The van der Waals surface area contributed by atoms with E-state index in [1.807, 2.05) is 11.3 Å². The normalized spacial score (nSPS) is 11.5. The van der Waals surface area contributed by atoms with E-state index < -0.39 is 0 Å². The van der Waals surface area contributed by atoms with Crippen molar-refractivity contribution in [1.82, 2.24) is 0 Å². The fourth-order valence-corrected chi connectivity index (χ4v) is 7.82. The molecular formula is C44H29NS. The monoisotopic (exact) mass is 603 g/mol. The van der Waals surface area contributed by atoms with Gasteiger partial charge in [0.15, 0.2) is 0 Å². The molecule has 9 rings (SSSR count). The van der Waals surface area contributed by atoms with Crippen LogP contribution in [0.1, 0.15) is 0 Å². The highest BCUT2D eigenvalue weighted by Crippen LogP contribution is 2.41. The van der Waals surface area contributed by atoms with E-state index in [4.69, 9.17) is 0 Å². The van der Waals surface area contributed by atoms with E-state index in [0.29, 0.717) is 0 Å². The average Bonchev–Trinajstić information content (AvgIpc) is 3.50. The highest BCUT2D eigenvalue weighted by Gasteiger charge is 2.15. The van der Waals surface area contributed by atoms with Crippen LogP contribution in [0, 0.1) is 0 Å². The molecule has 1 aromatic heterocycles. The molecule has 1 nitrogen and oxygen atoms in total. The quantitative estimate of drug-likeness (QED) is 0.189. The Kier molecular flexibility index (Phi) is 6.40. The lowest BCUT2D eigenvalue weighted by Crippen LogP contribution is -2.09. The van der Waals surface area contributed by atoms with Crippen LogP contribution in [-0.4, -0.2) is 0 Å². The number of thiophene rings is 1. The molecule has 0 unspecified atom stereocenters. The Morgan fingerprint density at radius 1 is 0.304 bits per heavy atom. The molecule has 0 amide bonds. The van der Waals surface area contributed by atoms with Crippen LogP contribution in [-0.2, 0) is 0 Å². The second kappa shape index (κ2) is 11.0. The number of hydrogen-bond donors (Lipinski definition) is 0. The third-order valence-corrected chi connectivity index (χ3v) is 10.1. The number of para-hydroxylation sites is 1. The summed E-state index contributed by atoms with van der Waals surface area (Å²) in [5.41, 5.74) is 8.30. The molecule has 0 aliphatic carbocycles. The summed E-state index contributed by atoms with van der Waals surface area (Å²) < 4.78 is 2.62. The minimum Gasteiger partial charge on any atom is -0.310 e. The first-order chi connectivity index (χ1) is 22.8. The van der Waals surface area contributed by atoms with Gasteiger partial charge in [-0.2, -0.15) is 0 Å². The van der Waals surface area contributed by atoms with Gasteiger partial charge < -0.3 is 4.90 Å². The maximum atomic E-state index is 2.37. The lowest BCUT2D eigenvalue weighted by atomic mass is 9.96. The average molecular weight is 604 g/mol. The molecule has 2 heteroatoms. The predicted molar refractivity (Wildman–Crippen MR) is 200 cm³/mol. The van der Waals surface area contributed by atoms with Crippen LogP contribution in [0.4, 0.5) is 17.1 Å². The molecule has 9 aromatic rings. The van der Waals surface area contributed by atoms with Crippen LogP contribution in [0.3, 0.4) is 0 Å². The lowest BCUT2D eigenvalue weighted by molar-refractivity contribution is 1.29. The summed E-state index contributed by atoms with van der Waals surface area (Å²) >= 11 is 1.86. The van der Waals surface area contributed by atoms with Gasteiger partial charge in [0, 0.05) is 37.2 Å². The van der Waals surface area contributed by atoms with Crippen LogP contribution in [0.2, 0.25) is 0 Å². The summed E-state index contributed by atoms with van der Waals surface area (Å²) in [5, 5.41) is 7.64. The number of anilines is 3. The molecule has 8 aromatic carbocycles. The Hall–Kier alpha value is -5.70. The largest absolute Gasteiger partial charge is 0.310 e. The SMILES string of the molecule is c1ccc(N(c2cccc(-c3ccc4ccc(-c5ccc6ccccc6c5)cc4c3)c2)c2ccc3c(c2)sc2ccccc23)cc1. The van der Waals surface area contributed by atoms with Crippen molar-refractivity contribution in [1.29, 1.82) is 0 Å². The molecule has 0 atom stereocenters. The predicted octanol–water partition coefficient (Wildman–Crippen LogP) is 13.2. The number of fused-ring (bicyclic) bond motifs is 5. The van der Waals surface area contributed by atoms with E-state index in [1.165, 1.54) is 64.0 Å². The lowest BCUT2D eigenvalue weighted by Gasteiger charge is -2.26. The second-order valence-corrected chi connectivity index (χ2v) is 12.9. The van der Waals surface area contributed by atoms with Crippen molar-refractivity contribution >= 4 is 70.1 Å². The summed E-state index contributed by atoms with van der Waals surface area (Å²) in [4.78, 5) is 2.37. The summed E-state index contributed by atoms with van der Waals surface area (Å²) in [7, 11) is 0. The summed E-state index contributed by atoms with van der Waals surface area (Å²) in [6.07, 6.45) is 0. The zero-order valence-corrected chi connectivity index (χ0v) is 25.9. The van der Waals surface area contributed by atoms with Gasteiger partial charge in [-0.25, -0.2) is 0 Å². The van der Waals surface area contributed by atoms with Crippen LogP contribution in [0.5, 0.6) is 0 Å². The molecule has 0 bridgehead atoms. The topological polar surface area (TPSA) is 3.24 Å². The van der Waals surface area contributed by atoms with Crippen molar-refractivity contribution in [3.05, 3.63) is 176 Å². The second-order valence-electron chi connectivity index (χ2n) is 11.8. The van der Waals surface area contributed by atoms with E-state index >= 15 is 0 Å². The fraction of sp³-hybridized carbons (Fsp3) is 0. The van der Waals surface area contributed by atoms with Gasteiger partial charge in [-0.1, -0.05) is 115 Å². The van der Waals surface area contributed by atoms with Gasteiger partial charge in [0.25, 0.3) is 0 Å². The van der Waals surface area contributed by atoms with Crippen molar-refractivity contribution in [3.63, 3.8) is 0 Å². The Labute approximate surface area is 272 Å². The first-order valence-corrected chi connectivity index (χ1v) is 16.5. The fourth-order valence-electron chi connectivity index (χ4n) is 6.68. The Morgan fingerprint density at radius 3 is 1.65 bits per heavy atom. The zero-order valence-electron chi connectivity index (χ0n) is 25.1. The Bertz CT molecular complexity index is 2540. The van der Waals surface area contributed by atoms with Crippen molar-refractivity contribution in [2.24, 2.45) is 0 Å². The first kappa shape index (κ1) is 26.7. The number of rotatable bonds is 5. The van der Waals surface area contributed by atoms with Crippen LogP contribution < -0.4 is 4.90 Å². The van der Waals surface area contributed by atoms with E-state index in [1.54, 1.807) is 0 Å². The molecule has 1 heterocycles. The maximum absolute atomic E-state index is 2.37. The van der Waals surface area contributed by atoms with Gasteiger partial charge in [-0.15, -0.1) is 11.3 Å². The van der Waals surface area contributed by atoms with Crippen LogP contribution >= 0.6 is 11.3 Å². The van der Waals surface area contributed by atoms with E-state index in [-0.39, 0.29) is 0 Å². The molecule has 0 aliphatic heterocycles. The van der Waals surface area contributed by atoms with Gasteiger partial charge in [0.1, 0.15) is 0 Å². The number of hydrogen-bond acceptors (Lipinski definition) is 2. The molecule has 0 saturated carbocycles. The van der Waals surface area contributed by atoms with Gasteiger partial charge >= 0.3 is 0 Å².